The lowest BCUT2D eigenvalue weighted by Crippen LogP contribution is -2.16. The summed E-state index contributed by atoms with van der Waals surface area (Å²) in [5, 5.41) is 8.69. The van der Waals surface area contributed by atoms with E-state index in [1.807, 2.05) is 0 Å². The van der Waals surface area contributed by atoms with Crippen LogP contribution in [-0.2, 0) is 22.1 Å². The maximum absolute atomic E-state index is 12.8. The summed E-state index contributed by atoms with van der Waals surface area (Å²) in [6.07, 6.45) is -9.25. The summed E-state index contributed by atoms with van der Waals surface area (Å²) in [7, 11) is 0. The van der Waals surface area contributed by atoms with E-state index >= 15 is 0 Å². The van der Waals surface area contributed by atoms with Gasteiger partial charge in [0, 0.05) is 0 Å². The molecule has 1 aromatic heterocycles. The van der Waals surface area contributed by atoms with Crippen LogP contribution in [0.25, 0.3) is 0 Å². The van der Waals surface area contributed by atoms with Gasteiger partial charge in [-0.2, -0.15) is 18.4 Å². The average molecular weight is 308 g/mol. The number of esters is 1. The Bertz CT molecular complexity index is 578. The average Bonchev–Trinajstić information content (AvgIpc) is 2.36. The third kappa shape index (κ3) is 4.11. The predicted octanol–water partition coefficient (Wildman–Crippen LogP) is 3.02. The van der Waals surface area contributed by atoms with E-state index in [0.717, 1.165) is 0 Å². The molecular formula is C12H9F5N2O2. The number of alkyl halides is 5. The van der Waals surface area contributed by atoms with Crippen molar-refractivity contribution in [2.24, 2.45) is 0 Å². The van der Waals surface area contributed by atoms with Crippen molar-refractivity contribution >= 4 is 5.97 Å². The van der Waals surface area contributed by atoms with Gasteiger partial charge in [-0.1, -0.05) is 0 Å². The summed E-state index contributed by atoms with van der Waals surface area (Å²) in [5.74, 6) is -0.869. The molecule has 0 atom stereocenters. The van der Waals surface area contributed by atoms with Crippen LogP contribution < -0.4 is 0 Å². The second-order valence-electron chi connectivity index (χ2n) is 3.82. The largest absolute Gasteiger partial charge is 0.466 e. The lowest BCUT2D eigenvalue weighted by molar-refractivity contribution is -0.143. The minimum atomic E-state index is -5.09. The lowest BCUT2D eigenvalue weighted by atomic mass is 10.0. The van der Waals surface area contributed by atoms with E-state index in [4.69, 9.17) is 5.26 Å². The van der Waals surface area contributed by atoms with E-state index in [-0.39, 0.29) is 6.61 Å². The number of hydrogen-bond acceptors (Lipinski definition) is 4. The number of carbonyl (C=O) groups excluding carboxylic acids is 1. The van der Waals surface area contributed by atoms with Crippen LogP contribution in [-0.4, -0.2) is 17.6 Å². The molecule has 114 valence electrons. The minimum absolute atomic E-state index is 0.00514. The maximum atomic E-state index is 12.8. The fourth-order valence-electron chi connectivity index (χ4n) is 1.60. The highest BCUT2D eigenvalue weighted by Gasteiger charge is 2.38. The van der Waals surface area contributed by atoms with Gasteiger partial charge >= 0.3 is 12.1 Å². The smallest absolute Gasteiger partial charge is 0.417 e. The van der Waals surface area contributed by atoms with Gasteiger partial charge in [-0.15, -0.1) is 0 Å². The first-order valence-corrected chi connectivity index (χ1v) is 5.65. The Kier molecular flexibility index (Phi) is 5.18. The molecule has 0 aliphatic carbocycles. The van der Waals surface area contributed by atoms with Crippen molar-refractivity contribution in [3.05, 3.63) is 28.6 Å². The lowest BCUT2D eigenvalue weighted by Gasteiger charge is -2.14. The van der Waals surface area contributed by atoms with Crippen LogP contribution >= 0.6 is 0 Å². The Morgan fingerprint density at radius 3 is 2.52 bits per heavy atom. The van der Waals surface area contributed by atoms with Gasteiger partial charge in [-0.3, -0.25) is 4.79 Å². The number of halogens is 5. The molecule has 9 heteroatoms. The third-order valence-electron chi connectivity index (χ3n) is 2.37. The van der Waals surface area contributed by atoms with E-state index in [2.05, 4.69) is 9.72 Å². The van der Waals surface area contributed by atoms with E-state index in [1.165, 1.54) is 13.0 Å². The van der Waals surface area contributed by atoms with Crippen molar-refractivity contribution < 1.29 is 31.5 Å². The second-order valence-corrected chi connectivity index (χ2v) is 3.82. The molecule has 0 aliphatic heterocycles. The maximum Gasteiger partial charge on any atom is 0.417 e. The highest BCUT2D eigenvalue weighted by Crippen LogP contribution is 2.38. The molecule has 0 saturated carbocycles. The van der Waals surface area contributed by atoms with Crippen molar-refractivity contribution in [1.29, 1.82) is 5.26 Å². The Morgan fingerprint density at radius 2 is 2.10 bits per heavy atom. The standard InChI is InChI=1S/C12H9F5N2O2/c1-2-21-9(20)4-6-3-7(12(15,16)17)10(11(13)14)8(5-18)19-6/h3,11H,2,4H2,1H3. The highest BCUT2D eigenvalue weighted by atomic mass is 19.4. The Balaban J connectivity index is 3.39. The van der Waals surface area contributed by atoms with Gasteiger partial charge in [0.25, 0.3) is 6.43 Å². The minimum Gasteiger partial charge on any atom is -0.466 e. The SMILES string of the molecule is CCOC(=O)Cc1cc(C(F)(F)F)c(C(F)F)c(C#N)n1. The number of nitrogens with zero attached hydrogens (tertiary/aromatic N) is 2. The molecular weight excluding hydrogens is 299 g/mol. The number of carbonyl (C=O) groups is 1. The zero-order chi connectivity index (χ0) is 16.2. The van der Waals surface area contributed by atoms with Gasteiger partial charge in [0.15, 0.2) is 0 Å². The zero-order valence-electron chi connectivity index (χ0n) is 10.7. The molecule has 21 heavy (non-hydrogen) atoms. The number of pyridine rings is 1. The molecule has 1 aromatic rings. The molecule has 0 N–H and O–H groups in total. The number of hydrogen-bond donors (Lipinski definition) is 0. The van der Waals surface area contributed by atoms with Crippen molar-refractivity contribution in [1.82, 2.24) is 4.98 Å². The number of aromatic nitrogens is 1. The summed E-state index contributed by atoms with van der Waals surface area (Å²) in [5.41, 5.74) is -4.68. The quantitative estimate of drug-likeness (QED) is 0.633. The molecule has 0 bridgehead atoms. The zero-order valence-corrected chi connectivity index (χ0v) is 10.7. The molecule has 0 fully saturated rings. The molecule has 0 spiro atoms. The molecule has 0 unspecified atom stereocenters. The third-order valence-corrected chi connectivity index (χ3v) is 2.37. The molecule has 0 radical (unpaired) electrons. The van der Waals surface area contributed by atoms with Gasteiger partial charge in [0.2, 0.25) is 0 Å². The van der Waals surface area contributed by atoms with Gasteiger partial charge in [-0.05, 0) is 13.0 Å². The van der Waals surface area contributed by atoms with Gasteiger partial charge in [0.1, 0.15) is 11.8 Å². The monoisotopic (exact) mass is 308 g/mol. The molecule has 0 aromatic carbocycles. The molecule has 0 amide bonds. The first kappa shape index (κ1) is 16.8. The van der Waals surface area contributed by atoms with Gasteiger partial charge in [-0.25, -0.2) is 13.8 Å². The topological polar surface area (TPSA) is 63.0 Å². The van der Waals surface area contributed by atoms with Gasteiger partial charge < -0.3 is 4.74 Å². The Hall–Kier alpha value is -2.24. The molecule has 4 nitrogen and oxygen atoms in total. The molecule has 1 rings (SSSR count). The summed E-state index contributed by atoms with van der Waals surface area (Å²) in [6.45, 7) is 1.50. The fourth-order valence-corrected chi connectivity index (χ4v) is 1.60. The van der Waals surface area contributed by atoms with Crippen LogP contribution in [0.5, 0.6) is 0 Å². The first-order chi connectivity index (χ1) is 9.70. The van der Waals surface area contributed by atoms with E-state index < -0.39 is 47.5 Å². The van der Waals surface area contributed by atoms with Crippen molar-refractivity contribution in [3.63, 3.8) is 0 Å². The summed E-state index contributed by atoms with van der Waals surface area (Å²) in [6, 6.07) is 1.52. The molecule has 1 heterocycles. The number of nitriles is 1. The second kappa shape index (κ2) is 6.47. The predicted molar refractivity (Wildman–Crippen MR) is 59.2 cm³/mol. The van der Waals surface area contributed by atoms with Crippen LogP contribution in [0.1, 0.15) is 35.9 Å². The van der Waals surface area contributed by atoms with Crippen molar-refractivity contribution in [2.75, 3.05) is 6.61 Å². The highest BCUT2D eigenvalue weighted by molar-refractivity contribution is 5.72. The van der Waals surface area contributed by atoms with Gasteiger partial charge in [0.05, 0.1) is 29.8 Å². The Labute approximate surface area is 116 Å². The Morgan fingerprint density at radius 1 is 1.48 bits per heavy atom. The molecule has 0 saturated heterocycles. The van der Waals surface area contributed by atoms with E-state index in [1.54, 1.807) is 0 Å². The van der Waals surface area contributed by atoms with E-state index in [0.29, 0.717) is 6.07 Å². The van der Waals surface area contributed by atoms with E-state index in [9.17, 15) is 26.7 Å². The number of ether oxygens (including phenoxy) is 1. The van der Waals surface area contributed by atoms with Crippen LogP contribution in [0.15, 0.2) is 6.07 Å². The van der Waals surface area contributed by atoms with Crippen molar-refractivity contribution in [3.8, 4) is 6.07 Å². The van der Waals surface area contributed by atoms with Crippen LogP contribution in [0.2, 0.25) is 0 Å². The summed E-state index contributed by atoms with van der Waals surface area (Å²) < 4.78 is 68.4. The fraction of sp³-hybridized carbons (Fsp3) is 0.417. The number of rotatable bonds is 4. The van der Waals surface area contributed by atoms with Crippen LogP contribution in [0, 0.1) is 11.3 Å². The normalized spacial score (nSPS) is 11.3. The van der Waals surface area contributed by atoms with Crippen LogP contribution in [0.4, 0.5) is 22.0 Å². The molecule has 0 aliphatic rings. The van der Waals surface area contributed by atoms with Crippen molar-refractivity contribution in [2.45, 2.75) is 25.9 Å². The summed E-state index contributed by atoms with van der Waals surface area (Å²) in [4.78, 5) is 14.6. The first-order valence-electron chi connectivity index (χ1n) is 5.65. The summed E-state index contributed by atoms with van der Waals surface area (Å²) >= 11 is 0. The van der Waals surface area contributed by atoms with Crippen LogP contribution in [0.3, 0.4) is 0 Å².